The molecule has 1 aromatic carbocycles. The highest BCUT2D eigenvalue weighted by Gasteiger charge is 2.24. The molecule has 2 heterocycles. The summed E-state index contributed by atoms with van der Waals surface area (Å²) in [6.45, 7) is 8.51. The van der Waals surface area contributed by atoms with Crippen LogP contribution in [0.1, 0.15) is 32.4 Å². The lowest BCUT2D eigenvalue weighted by molar-refractivity contribution is 0.0983. The predicted molar refractivity (Wildman–Crippen MR) is 111 cm³/mol. The molecule has 0 radical (unpaired) electrons. The van der Waals surface area contributed by atoms with Gasteiger partial charge in [-0.05, 0) is 45.7 Å². The van der Waals surface area contributed by atoms with Crippen molar-refractivity contribution >= 4 is 23.5 Å². The Hall–Kier alpha value is -2.83. The Morgan fingerprint density at radius 1 is 1.21 bits per heavy atom. The normalized spacial score (nSPS) is 14.6. The molecule has 150 valence electrons. The van der Waals surface area contributed by atoms with Gasteiger partial charge in [0.2, 0.25) is 5.95 Å². The zero-order chi connectivity index (χ0) is 19.9. The van der Waals surface area contributed by atoms with Crippen LogP contribution >= 0.6 is 0 Å². The Bertz CT molecular complexity index is 776. The van der Waals surface area contributed by atoms with Crippen molar-refractivity contribution in [1.82, 2.24) is 14.9 Å². The number of aromatic nitrogens is 2. The number of hydrogen-bond donors (Lipinski definition) is 1. The monoisotopic (exact) mass is 383 g/mol. The number of rotatable bonds is 6. The van der Waals surface area contributed by atoms with Gasteiger partial charge in [-0.2, -0.15) is 4.98 Å². The first-order chi connectivity index (χ1) is 13.6. The molecule has 1 aromatic heterocycles. The van der Waals surface area contributed by atoms with Gasteiger partial charge in [-0.3, -0.25) is 0 Å². The van der Waals surface area contributed by atoms with Gasteiger partial charge in [-0.25, -0.2) is 9.78 Å². The topological polar surface area (TPSA) is 70.6 Å². The van der Waals surface area contributed by atoms with Crippen LogP contribution in [0.4, 0.5) is 22.2 Å². The second-order valence-electron chi connectivity index (χ2n) is 6.88. The third-order valence-corrected chi connectivity index (χ3v) is 4.86. The lowest BCUT2D eigenvalue weighted by Gasteiger charge is -2.31. The third kappa shape index (κ3) is 4.91. The van der Waals surface area contributed by atoms with Gasteiger partial charge in [-0.1, -0.05) is 18.2 Å². The molecule has 1 amide bonds. The van der Waals surface area contributed by atoms with Gasteiger partial charge < -0.3 is 19.9 Å². The summed E-state index contributed by atoms with van der Waals surface area (Å²) in [5.74, 6) is 1.52. The number of para-hydroxylation sites is 1. The Morgan fingerprint density at radius 2 is 1.93 bits per heavy atom. The molecule has 0 aliphatic carbocycles. The zero-order valence-electron chi connectivity index (χ0n) is 16.9. The highest BCUT2D eigenvalue weighted by molar-refractivity contribution is 5.67. The van der Waals surface area contributed by atoms with Crippen LogP contribution in [-0.2, 0) is 4.74 Å². The van der Waals surface area contributed by atoms with Crippen LogP contribution in [0.2, 0.25) is 0 Å². The van der Waals surface area contributed by atoms with Gasteiger partial charge in [0, 0.05) is 43.1 Å². The van der Waals surface area contributed by atoms with Crippen LogP contribution < -0.4 is 10.2 Å². The molecule has 1 N–H and O–H groups in total. The molecule has 1 saturated heterocycles. The number of hydrogen-bond acceptors (Lipinski definition) is 6. The quantitative estimate of drug-likeness (QED) is 0.814. The van der Waals surface area contributed by atoms with Crippen molar-refractivity contribution in [3.63, 3.8) is 0 Å². The summed E-state index contributed by atoms with van der Waals surface area (Å²) < 4.78 is 5.08. The first-order valence-corrected chi connectivity index (χ1v) is 9.97. The molecule has 1 fully saturated rings. The number of aryl methyl sites for hydroxylation is 1. The molecule has 0 spiro atoms. The molecule has 7 nitrogen and oxygen atoms in total. The third-order valence-electron chi connectivity index (χ3n) is 4.86. The molecule has 0 bridgehead atoms. The van der Waals surface area contributed by atoms with Gasteiger partial charge in [0.25, 0.3) is 0 Å². The molecule has 2 aromatic rings. The van der Waals surface area contributed by atoms with E-state index in [4.69, 9.17) is 9.72 Å². The standard InChI is InChI=1S/C21H29N5O2/c1-4-26(18-9-7-6-8-10-18)19-15-16(3)22-20(24-19)23-17-11-13-25(14-12-17)21(27)28-5-2/h6-10,15,17H,4-5,11-14H2,1-3H3,(H,22,23,24). The number of piperidine rings is 1. The van der Waals surface area contributed by atoms with E-state index in [9.17, 15) is 4.79 Å². The van der Waals surface area contributed by atoms with Crippen LogP contribution in [0, 0.1) is 6.92 Å². The SMILES string of the molecule is CCOC(=O)N1CCC(Nc2nc(C)cc(N(CC)c3ccccc3)n2)CC1. The first kappa shape index (κ1) is 19.9. The number of nitrogens with one attached hydrogen (secondary N) is 1. The molecule has 7 heteroatoms. The van der Waals surface area contributed by atoms with Crippen LogP contribution in [0.25, 0.3) is 0 Å². The van der Waals surface area contributed by atoms with E-state index in [0.29, 0.717) is 25.6 Å². The van der Waals surface area contributed by atoms with Crippen molar-refractivity contribution in [2.75, 3.05) is 36.5 Å². The fourth-order valence-corrected chi connectivity index (χ4v) is 3.44. The summed E-state index contributed by atoms with van der Waals surface area (Å²) in [5, 5.41) is 3.46. The number of amides is 1. The smallest absolute Gasteiger partial charge is 0.409 e. The summed E-state index contributed by atoms with van der Waals surface area (Å²) in [6.07, 6.45) is 1.47. The van der Waals surface area contributed by atoms with Crippen molar-refractivity contribution in [3.05, 3.63) is 42.1 Å². The zero-order valence-corrected chi connectivity index (χ0v) is 16.9. The van der Waals surface area contributed by atoms with Crippen molar-refractivity contribution < 1.29 is 9.53 Å². The number of likely N-dealkylation sites (tertiary alicyclic amines) is 1. The van der Waals surface area contributed by atoms with Gasteiger partial charge in [0.05, 0.1) is 6.61 Å². The number of carbonyl (C=O) groups is 1. The molecule has 1 aliphatic heterocycles. The summed E-state index contributed by atoms with van der Waals surface area (Å²) in [4.78, 5) is 25.1. The number of ether oxygens (including phenoxy) is 1. The molecular formula is C21H29N5O2. The lowest BCUT2D eigenvalue weighted by atomic mass is 10.1. The second kappa shape index (κ2) is 9.39. The van der Waals surface area contributed by atoms with Crippen molar-refractivity contribution in [2.45, 2.75) is 39.7 Å². The van der Waals surface area contributed by atoms with Crippen LogP contribution in [0.15, 0.2) is 36.4 Å². The summed E-state index contributed by atoms with van der Waals surface area (Å²) >= 11 is 0. The van der Waals surface area contributed by atoms with Crippen LogP contribution in [-0.4, -0.2) is 53.2 Å². The van der Waals surface area contributed by atoms with E-state index in [1.165, 1.54) is 0 Å². The Morgan fingerprint density at radius 3 is 2.57 bits per heavy atom. The van der Waals surface area contributed by atoms with E-state index < -0.39 is 0 Å². The summed E-state index contributed by atoms with van der Waals surface area (Å²) in [5.41, 5.74) is 2.03. The maximum absolute atomic E-state index is 11.8. The Kier molecular flexibility index (Phi) is 6.68. The maximum atomic E-state index is 11.8. The largest absolute Gasteiger partial charge is 0.450 e. The fraction of sp³-hybridized carbons (Fsp3) is 0.476. The summed E-state index contributed by atoms with van der Waals surface area (Å²) in [7, 11) is 0. The van der Waals surface area contributed by atoms with Crippen molar-refractivity contribution in [2.24, 2.45) is 0 Å². The number of carbonyl (C=O) groups excluding carboxylic acids is 1. The first-order valence-electron chi connectivity index (χ1n) is 9.97. The van der Waals surface area contributed by atoms with E-state index >= 15 is 0 Å². The molecular weight excluding hydrogens is 354 g/mol. The molecule has 0 atom stereocenters. The minimum absolute atomic E-state index is 0.225. The van der Waals surface area contributed by atoms with E-state index in [1.54, 1.807) is 4.90 Å². The Balaban J connectivity index is 1.68. The number of nitrogens with zero attached hydrogens (tertiary/aromatic N) is 4. The fourth-order valence-electron chi connectivity index (χ4n) is 3.44. The van der Waals surface area contributed by atoms with E-state index in [1.807, 2.05) is 38.1 Å². The average Bonchev–Trinajstić information content (AvgIpc) is 2.70. The summed E-state index contributed by atoms with van der Waals surface area (Å²) in [6, 6.07) is 12.5. The second-order valence-corrected chi connectivity index (χ2v) is 6.88. The van der Waals surface area contributed by atoms with Gasteiger partial charge in [0.15, 0.2) is 0 Å². The molecule has 1 aliphatic rings. The van der Waals surface area contributed by atoms with E-state index in [-0.39, 0.29) is 12.1 Å². The van der Waals surface area contributed by atoms with Gasteiger partial charge >= 0.3 is 6.09 Å². The molecule has 28 heavy (non-hydrogen) atoms. The average molecular weight is 383 g/mol. The molecule has 3 rings (SSSR count). The van der Waals surface area contributed by atoms with Gasteiger partial charge in [-0.15, -0.1) is 0 Å². The number of anilines is 3. The minimum atomic E-state index is -0.225. The highest BCUT2D eigenvalue weighted by Crippen LogP contribution is 2.25. The Labute approximate surface area is 166 Å². The van der Waals surface area contributed by atoms with Gasteiger partial charge in [0.1, 0.15) is 5.82 Å². The van der Waals surface area contributed by atoms with Crippen molar-refractivity contribution in [3.8, 4) is 0 Å². The predicted octanol–water partition coefficient (Wildman–Crippen LogP) is 3.98. The molecule has 0 saturated carbocycles. The lowest BCUT2D eigenvalue weighted by Crippen LogP contribution is -2.42. The molecule has 0 unspecified atom stereocenters. The van der Waals surface area contributed by atoms with Crippen molar-refractivity contribution in [1.29, 1.82) is 0 Å². The number of benzene rings is 1. The van der Waals surface area contributed by atoms with Crippen LogP contribution in [0.3, 0.4) is 0 Å². The minimum Gasteiger partial charge on any atom is -0.450 e. The van der Waals surface area contributed by atoms with Crippen LogP contribution in [0.5, 0.6) is 0 Å². The maximum Gasteiger partial charge on any atom is 0.409 e. The highest BCUT2D eigenvalue weighted by atomic mass is 16.6. The van der Waals surface area contributed by atoms with E-state index in [0.717, 1.165) is 36.6 Å². The van der Waals surface area contributed by atoms with E-state index in [2.05, 4.69) is 34.3 Å².